The molecule has 0 bridgehead atoms. The summed E-state index contributed by atoms with van der Waals surface area (Å²) < 4.78 is 5.38. The maximum atomic E-state index is 9.15. The van der Waals surface area contributed by atoms with Gasteiger partial charge in [-0.25, -0.2) is 0 Å². The molecule has 16 heavy (non-hydrogen) atoms. The van der Waals surface area contributed by atoms with Crippen LogP contribution in [0.15, 0.2) is 18.3 Å². The molecule has 0 amide bonds. The number of pyridine rings is 1. The maximum absolute atomic E-state index is 9.15. The topological polar surface area (TPSA) is 45.6 Å². The molecule has 1 aromatic heterocycles. The second-order valence-corrected chi connectivity index (χ2v) is 4.24. The summed E-state index contributed by atoms with van der Waals surface area (Å²) in [6.07, 6.45) is 4.17. The van der Waals surface area contributed by atoms with Crippen LogP contribution in [-0.2, 0) is 11.3 Å². The lowest BCUT2D eigenvalue weighted by molar-refractivity contribution is 0.0281. The van der Waals surface area contributed by atoms with Crippen molar-refractivity contribution in [2.75, 3.05) is 20.2 Å². The van der Waals surface area contributed by atoms with Crippen LogP contribution in [0.5, 0.6) is 5.75 Å². The Morgan fingerprint density at radius 3 is 3.12 bits per heavy atom. The molecule has 2 rings (SSSR count). The summed E-state index contributed by atoms with van der Waals surface area (Å²) >= 11 is 0. The summed E-state index contributed by atoms with van der Waals surface area (Å²) in [5.41, 5.74) is 0.995. The highest BCUT2D eigenvalue weighted by Gasteiger charge is 2.19. The second-order valence-electron chi connectivity index (χ2n) is 4.24. The van der Waals surface area contributed by atoms with Gasteiger partial charge in [0, 0.05) is 20.2 Å². The van der Waals surface area contributed by atoms with Gasteiger partial charge in [-0.1, -0.05) is 0 Å². The Bertz CT molecular complexity index is 326. The summed E-state index contributed by atoms with van der Waals surface area (Å²) in [7, 11) is 1.77. The van der Waals surface area contributed by atoms with Gasteiger partial charge in [0.05, 0.1) is 18.0 Å². The first-order valence-electron chi connectivity index (χ1n) is 5.67. The molecule has 88 valence electrons. The van der Waals surface area contributed by atoms with E-state index in [4.69, 9.17) is 9.84 Å². The molecule has 0 aliphatic carbocycles. The molecular formula is C12H18N2O2. The van der Waals surface area contributed by atoms with E-state index in [-0.39, 0.29) is 5.75 Å². The zero-order chi connectivity index (χ0) is 11.4. The molecule has 4 nitrogen and oxygen atoms in total. The van der Waals surface area contributed by atoms with E-state index in [1.54, 1.807) is 13.2 Å². The van der Waals surface area contributed by atoms with Crippen LogP contribution in [-0.4, -0.2) is 41.3 Å². The quantitative estimate of drug-likeness (QED) is 0.839. The van der Waals surface area contributed by atoms with Crippen molar-refractivity contribution in [1.82, 2.24) is 9.88 Å². The van der Waals surface area contributed by atoms with E-state index < -0.39 is 0 Å². The lowest BCUT2D eigenvalue weighted by Crippen LogP contribution is -2.38. The summed E-state index contributed by atoms with van der Waals surface area (Å²) in [6, 6.07) is 3.55. The highest BCUT2D eigenvalue weighted by atomic mass is 16.5. The molecule has 0 spiro atoms. The van der Waals surface area contributed by atoms with Gasteiger partial charge in [-0.2, -0.15) is 0 Å². The van der Waals surface area contributed by atoms with E-state index >= 15 is 0 Å². The number of likely N-dealkylation sites (tertiary alicyclic amines) is 1. The number of hydrogen-bond acceptors (Lipinski definition) is 4. The predicted octanol–water partition coefficient (Wildman–Crippen LogP) is 1.40. The number of nitrogens with zero attached hydrogens (tertiary/aromatic N) is 2. The molecule has 1 aliphatic heterocycles. The Morgan fingerprint density at radius 1 is 1.56 bits per heavy atom. The summed E-state index contributed by atoms with van der Waals surface area (Å²) in [6.45, 7) is 2.90. The van der Waals surface area contributed by atoms with Crippen LogP contribution in [0.2, 0.25) is 0 Å². The number of rotatable bonds is 3. The monoisotopic (exact) mass is 222 g/mol. The molecule has 1 N–H and O–H groups in total. The number of aromatic hydroxyl groups is 1. The minimum atomic E-state index is 0.220. The third kappa shape index (κ3) is 2.93. The van der Waals surface area contributed by atoms with Gasteiger partial charge in [0.15, 0.2) is 0 Å². The van der Waals surface area contributed by atoms with Crippen molar-refractivity contribution < 1.29 is 9.84 Å². The van der Waals surface area contributed by atoms with Gasteiger partial charge in [0.25, 0.3) is 0 Å². The highest BCUT2D eigenvalue weighted by molar-refractivity contribution is 5.17. The van der Waals surface area contributed by atoms with E-state index in [0.717, 1.165) is 31.7 Å². The lowest BCUT2D eigenvalue weighted by Gasteiger charge is -2.31. The first-order chi connectivity index (χ1) is 7.78. The molecule has 0 aromatic carbocycles. The van der Waals surface area contributed by atoms with Gasteiger partial charge in [-0.05, 0) is 31.5 Å². The largest absolute Gasteiger partial charge is 0.506 e. The number of piperidine rings is 1. The van der Waals surface area contributed by atoms with Crippen molar-refractivity contribution in [2.24, 2.45) is 0 Å². The van der Waals surface area contributed by atoms with Crippen LogP contribution >= 0.6 is 0 Å². The van der Waals surface area contributed by atoms with Crippen LogP contribution in [0.3, 0.4) is 0 Å². The highest BCUT2D eigenvalue weighted by Crippen LogP contribution is 2.15. The Balaban J connectivity index is 1.91. The van der Waals surface area contributed by atoms with Crippen molar-refractivity contribution in [1.29, 1.82) is 0 Å². The Labute approximate surface area is 95.9 Å². The van der Waals surface area contributed by atoms with Gasteiger partial charge < -0.3 is 9.84 Å². The maximum Gasteiger partial charge on any atom is 0.133 e. The minimum Gasteiger partial charge on any atom is -0.506 e. The summed E-state index contributed by atoms with van der Waals surface area (Å²) in [5.74, 6) is 0.220. The van der Waals surface area contributed by atoms with Crippen molar-refractivity contribution in [2.45, 2.75) is 25.5 Å². The minimum absolute atomic E-state index is 0.220. The molecule has 1 aromatic rings. The van der Waals surface area contributed by atoms with Crippen molar-refractivity contribution in [3.8, 4) is 5.75 Å². The smallest absolute Gasteiger partial charge is 0.133 e. The standard InChI is InChI=1S/C12H18N2O2/c1-16-12-3-2-6-14(9-12)8-10-4-5-11(15)7-13-10/h4-5,7,12,15H,2-3,6,8-9H2,1H3. The van der Waals surface area contributed by atoms with Gasteiger partial charge in [-0.3, -0.25) is 9.88 Å². The van der Waals surface area contributed by atoms with Crippen LogP contribution in [0.1, 0.15) is 18.5 Å². The normalized spacial score (nSPS) is 22.2. The van der Waals surface area contributed by atoms with Gasteiger partial charge in [0.1, 0.15) is 5.75 Å². The SMILES string of the molecule is COC1CCCN(Cc2ccc(O)cn2)C1. The van der Waals surface area contributed by atoms with Crippen LogP contribution in [0, 0.1) is 0 Å². The fourth-order valence-corrected chi connectivity index (χ4v) is 2.09. The number of ether oxygens (including phenoxy) is 1. The van der Waals surface area contributed by atoms with Crippen LogP contribution in [0.25, 0.3) is 0 Å². The first kappa shape index (κ1) is 11.4. The molecule has 2 heterocycles. The van der Waals surface area contributed by atoms with E-state index in [2.05, 4.69) is 9.88 Å². The van der Waals surface area contributed by atoms with E-state index in [1.165, 1.54) is 12.6 Å². The number of aromatic nitrogens is 1. The van der Waals surface area contributed by atoms with Gasteiger partial charge in [-0.15, -0.1) is 0 Å². The molecular weight excluding hydrogens is 204 g/mol. The zero-order valence-electron chi connectivity index (χ0n) is 9.59. The molecule has 4 heteroatoms. The Hall–Kier alpha value is -1.13. The number of methoxy groups -OCH3 is 1. The number of hydrogen-bond donors (Lipinski definition) is 1. The molecule has 0 saturated carbocycles. The van der Waals surface area contributed by atoms with E-state index in [1.807, 2.05) is 6.07 Å². The third-order valence-corrected chi connectivity index (χ3v) is 2.99. The van der Waals surface area contributed by atoms with Crippen LogP contribution in [0.4, 0.5) is 0 Å². The predicted molar refractivity (Wildman–Crippen MR) is 61.2 cm³/mol. The average Bonchev–Trinajstić information content (AvgIpc) is 2.32. The molecule has 0 radical (unpaired) electrons. The molecule has 1 aliphatic rings. The molecule has 1 fully saturated rings. The summed E-state index contributed by atoms with van der Waals surface area (Å²) in [5, 5.41) is 9.15. The van der Waals surface area contributed by atoms with Crippen molar-refractivity contribution in [3.63, 3.8) is 0 Å². The third-order valence-electron chi connectivity index (χ3n) is 2.99. The first-order valence-corrected chi connectivity index (χ1v) is 5.67. The Kier molecular flexibility index (Phi) is 3.74. The average molecular weight is 222 g/mol. The van der Waals surface area contributed by atoms with Crippen LogP contribution < -0.4 is 0 Å². The van der Waals surface area contributed by atoms with Gasteiger partial charge in [0.2, 0.25) is 0 Å². The summed E-state index contributed by atoms with van der Waals surface area (Å²) in [4.78, 5) is 6.54. The van der Waals surface area contributed by atoms with E-state index in [9.17, 15) is 0 Å². The van der Waals surface area contributed by atoms with E-state index in [0.29, 0.717) is 6.10 Å². The molecule has 1 atom stereocenters. The Morgan fingerprint density at radius 2 is 2.44 bits per heavy atom. The van der Waals surface area contributed by atoms with Crippen molar-refractivity contribution in [3.05, 3.63) is 24.0 Å². The lowest BCUT2D eigenvalue weighted by atomic mass is 10.1. The molecule has 1 saturated heterocycles. The van der Waals surface area contributed by atoms with Gasteiger partial charge >= 0.3 is 0 Å². The zero-order valence-corrected chi connectivity index (χ0v) is 9.59. The van der Waals surface area contributed by atoms with Crippen molar-refractivity contribution >= 4 is 0 Å². The molecule has 1 unspecified atom stereocenters. The fraction of sp³-hybridized carbons (Fsp3) is 0.583. The second kappa shape index (κ2) is 5.27. The fourth-order valence-electron chi connectivity index (χ4n) is 2.09.